The number of rotatable bonds is 3. The molecule has 0 unspecified atom stereocenters. The van der Waals surface area contributed by atoms with Crippen molar-refractivity contribution in [1.82, 2.24) is 15.1 Å². The minimum atomic E-state index is 0.817. The summed E-state index contributed by atoms with van der Waals surface area (Å²) in [5.74, 6) is 0.951. The summed E-state index contributed by atoms with van der Waals surface area (Å²) in [4.78, 5) is 2.66. The molecule has 2 heterocycles. The number of nitrogens with one attached hydrogen (secondary N) is 1. The second-order valence-corrected chi connectivity index (χ2v) is 6.83. The van der Waals surface area contributed by atoms with Gasteiger partial charge in [-0.2, -0.15) is 5.10 Å². The van der Waals surface area contributed by atoms with Gasteiger partial charge in [-0.15, -0.1) is 0 Å². The molecule has 0 spiro atoms. The maximum atomic E-state index is 4.30. The molecular weight excluding hydrogens is 258 g/mol. The molecular formula is C18H23N3. The Morgan fingerprint density at radius 2 is 2.14 bits per heavy atom. The van der Waals surface area contributed by atoms with Crippen LogP contribution in [-0.2, 0) is 6.54 Å². The summed E-state index contributed by atoms with van der Waals surface area (Å²) in [6, 6.07) is 7.49. The molecule has 1 aromatic carbocycles. The zero-order chi connectivity index (χ0) is 14.4. The van der Waals surface area contributed by atoms with Crippen LogP contribution in [0.5, 0.6) is 0 Å². The van der Waals surface area contributed by atoms with Gasteiger partial charge in [-0.1, -0.05) is 12.1 Å². The lowest BCUT2D eigenvalue weighted by molar-refractivity contribution is 0.205. The van der Waals surface area contributed by atoms with Crippen molar-refractivity contribution in [2.75, 3.05) is 6.54 Å². The van der Waals surface area contributed by atoms with Crippen molar-refractivity contribution < 1.29 is 0 Å². The molecule has 3 nitrogen and oxygen atoms in total. The van der Waals surface area contributed by atoms with E-state index in [0.717, 1.165) is 18.5 Å². The van der Waals surface area contributed by atoms with Gasteiger partial charge in [0.05, 0.1) is 11.9 Å². The first kappa shape index (κ1) is 13.1. The zero-order valence-corrected chi connectivity index (χ0v) is 12.9. The van der Waals surface area contributed by atoms with E-state index in [9.17, 15) is 0 Å². The highest BCUT2D eigenvalue weighted by atomic mass is 15.2. The molecule has 3 heteroatoms. The molecule has 1 saturated heterocycles. The zero-order valence-electron chi connectivity index (χ0n) is 12.9. The SMILES string of the molecule is Cc1ccc(-c2[nH]ncc2CN2C[C@H]3CC[C@H]2C3)cc1C. The number of aromatic nitrogens is 2. The first-order valence-electron chi connectivity index (χ1n) is 8.04. The molecule has 2 aromatic rings. The van der Waals surface area contributed by atoms with Crippen molar-refractivity contribution in [2.45, 2.75) is 45.7 Å². The maximum Gasteiger partial charge on any atom is 0.0695 e. The Morgan fingerprint density at radius 3 is 2.86 bits per heavy atom. The van der Waals surface area contributed by atoms with E-state index in [4.69, 9.17) is 0 Å². The van der Waals surface area contributed by atoms with Gasteiger partial charge in [-0.3, -0.25) is 10.00 Å². The van der Waals surface area contributed by atoms with E-state index in [1.54, 1.807) is 0 Å². The lowest BCUT2D eigenvalue weighted by atomic mass is 10.0. The number of H-pyrrole nitrogens is 1. The minimum absolute atomic E-state index is 0.817. The summed E-state index contributed by atoms with van der Waals surface area (Å²) < 4.78 is 0. The molecule has 2 bridgehead atoms. The Balaban J connectivity index is 1.60. The predicted molar refractivity (Wildman–Crippen MR) is 85.0 cm³/mol. The third kappa shape index (κ3) is 2.30. The third-order valence-electron chi connectivity index (χ3n) is 5.41. The van der Waals surface area contributed by atoms with Crippen LogP contribution in [0, 0.1) is 19.8 Å². The number of benzene rings is 1. The van der Waals surface area contributed by atoms with Crippen molar-refractivity contribution in [3.63, 3.8) is 0 Å². The van der Waals surface area contributed by atoms with Gasteiger partial charge in [0.2, 0.25) is 0 Å². The highest BCUT2D eigenvalue weighted by Crippen LogP contribution is 2.38. The van der Waals surface area contributed by atoms with E-state index < -0.39 is 0 Å². The predicted octanol–water partition coefficient (Wildman–Crippen LogP) is 3.68. The summed E-state index contributed by atoms with van der Waals surface area (Å²) in [5, 5.41) is 7.51. The average Bonchev–Trinajstić information content (AvgIpc) is 3.18. The molecule has 0 amide bonds. The van der Waals surface area contributed by atoms with Gasteiger partial charge in [0.25, 0.3) is 0 Å². The number of aryl methyl sites for hydroxylation is 2. The van der Waals surface area contributed by atoms with Gasteiger partial charge in [0.15, 0.2) is 0 Å². The second kappa shape index (κ2) is 4.99. The Kier molecular flexibility index (Phi) is 3.11. The number of piperidine rings is 1. The third-order valence-corrected chi connectivity index (χ3v) is 5.41. The summed E-state index contributed by atoms with van der Waals surface area (Å²) in [7, 11) is 0. The molecule has 21 heavy (non-hydrogen) atoms. The molecule has 1 N–H and O–H groups in total. The number of fused-ring (bicyclic) bond motifs is 2. The molecule has 0 radical (unpaired) electrons. The lowest BCUT2D eigenvalue weighted by Gasteiger charge is -2.26. The van der Waals surface area contributed by atoms with Crippen LogP contribution in [0.15, 0.2) is 24.4 Å². The second-order valence-electron chi connectivity index (χ2n) is 6.83. The number of aromatic amines is 1. The number of likely N-dealkylation sites (tertiary alicyclic amines) is 1. The van der Waals surface area contributed by atoms with Gasteiger partial charge < -0.3 is 0 Å². The quantitative estimate of drug-likeness (QED) is 0.930. The Morgan fingerprint density at radius 1 is 1.24 bits per heavy atom. The largest absolute Gasteiger partial charge is 0.296 e. The van der Waals surface area contributed by atoms with Crippen LogP contribution in [0.3, 0.4) is 0 Å². The van der Waals surface area contributed by atoms with E-state index in [2.05, 4.69) is 47.1 Å². The highest BCUT2D eigenvalue weighted by Gasteiger charge is 2.37. The van der Waals surface area contributed by atoms with Crippen LogP contribution >= 0.6 is 0 Å². The fourth-order valence-corrected chi connectivity index (χ4v) is 4.02. The standard InChI is InChI=1S/C18H23N3/c1-12-3-5-15(7-13(12)2)18-16(9-19-20-18)11-21-10-14-4-6-17(21)8-14/h3,5,7,9,14,17H,4,6,8,10-11H2,1-2H3,(H,19,20)/t14-,17-/m0/s1. The Labute approximate surface area is 126 Å². The van der Waals surface area contributed by atoms with Crippen molar-refractivity contribution in [3.8, 4) is 11.3 Å². The van der Waals surface area contributed by atoms with Crippen LogP contribution in [0.1, 0.15) is 36.0 Å². The molecule has 1 aliphatic heterocycles. The lowest BCUT2D eigenvalue weighted by Crippen LogP contribution is -2.31. The molecule has 110 valence electrons. The highest BCUT2D eigenvalue weighted by molar-refractivity contribution is 5.64. The Bertz CT molecular complexity index is 658. The summed E-state index contributed by atoms with van der Waals surface area (Å²) in [6.45, 7) is 6.66. The van der Waals surface area contributed by atoms with E-state index in [-0.39, 0.29) is 0 Å². The van der Waals surface area contributed by atoms with Crippen molar-refractivity contribution in [1.29, 1.82) is 0 Å². The molecule has 1 saturated carbocycles. The minimum Gasteiger partial charge on any atom is -0.296 e. The number of hydrogen-bond donors (Lipinski definition) is 1. The monoisotopic (exact) mass is 281 g/mol. The summed E-state index contributed by atoms with van der Waals surface area (Å²) in [6.07, 6.45) is 6.26. The smallest absolute Gasteiger partial charge is 0.0695 e. The Hall–Kier alpha value is -1.61. The fraction of sp³-hybridized carbons (Fsp3) is 0.500. The van der Waals surface area contributed by atoms with Crippen molar-refractivity contribution in [2.24, 2.45) is 5.92 Å². The van der Waals surface area contributed by atoms with Gasteiger partial charge >= 0.3 is 0 Å². The summed E-state index contributed by atoms with van der Waals surface area (Å²) in [5.41, 5.74) is 6.48. The molecule has 1 aliphatic carbocycles. The van der Waals surface area contributed by atoms with Crippen LogP contribution in [0.4, 0.5) is 0 Å². The van der Waals surface area contributed by atoms with Crippen LogP contribution in [0.25, 0.3) is 11.3 Å². The topological polar surface area (TPSA) is 31.9 Å². The maximum absolute atomic E-state index is 4.30. The number of nitrogens with zero attached hydrogens (tertiary/aromatic N) is 2. The molecule has 2 fully saturated rings. The molecule has 1 aromatic heterocycles. The first-order chi connectivity index (χ1) is 10.2. The normalized spacial score (nSPS) is 24.9. The van der Waals surface area contributed by atoms with E-state index in [1.165, 1.54) is 53.8 Å². The van der Waals surface area contributed by atoms with Crippen molar-refractivity contribution in [3.05, 3.63) is 41.1 Å². The van der Waals surface area contributed by atoms with Gasteiger partial charge in [0, 0.05) is 30.3 Å². The van der Waals surface area contributed by atoms with Gasteiger partial charge in [0.1, 0.15) is 0 Å². The van der Waals surface area contributed by atoms with Crippen LogP contribution in [-0.4, -0.2) is 27.7 Å². The van der Waals surface area contributed by atoms with Gasteiger partial charge in [-0.25, -0.2) is 0 Å². The molecule has 2 aliphatic rings. The molecule has 4 rings (SSSR count). The molecule has 2 atom stereocenters. The van der Waals surface area contributed by atoms with Crippen LogP contribution in [0.2, 0.25) is 0 Å². The van der Waals surface area contributed by atoms with Crippen molar-refractivity contribution >= 4 is 0 Å². The van der Waals surface area contributed by atoms with E-state index in [0.29, 0.717) is 0 Å². The van der Waals surface area contributed by atoms with Gasteiger partial charge in [-0.05, 0) is 56.2 Å². The number of hydrogen-bond acceptors (Lipinski definition) is 2. The van der Waals surface area contributed by atoms with E-state index in [1.807, 2.05) is 6.20 Å². The fourth-order valence-electron chi connectivity index (χ4n) is 4.02. The first-order valence-corrected chi connectivity index (χ1v) is 8.04. The van der Waals surface area contributed by atoms with E-state index >= 15 is 0 Å². The average molecular weight is 281 g/mol. The van der Waals surface area contributed by atoms with Crippen LogP contribution < -0.4 is 0 Å². The summed E-state index contributed by atoms with van der Waals surface area (Å²) >= 11 is 0.